The Labute approximate surface area is 111 Å². The molecule has 1 aromatic rings. The molecule has 2 rings (SSSR count). The van der Waals surface area contributed by atoms with Crippen LogP contribution in [0.3, 0.4) is 0 Å². The van der Waals surface area contributed by atoms with Gasteiger partial charge in [0.15, 0.2) is 0 Å². The van der Waals surface area contributed by atoms with Gasteiger partial charge >= 0.3 is 5.97 Å². The largest absolute Gasteiger partial charge is 0.481 e. The molecule has 0 aromatic carbocycles. The van der Waals surface area contributed by atoms with Gasteiger partial charge in [0, 0.05) is 18.4 Å². The van der Waals surface area contributed by atoms with Gasteiger partial charge in [0.05, 0.1) is 18.4 Å². The first-order chi connectivity index (χ1) is 9.08. The lowest BCUT2D eigenvalue weighted by Crippen LogP contribution is -2.41. The Hall–Kier alpha value is -1.85. The van der Waals surface area contributed by atoms with Crippen molar-refractivity contribution in [3.8, 4) is 0 Å². The van der Waals surface area contributed by atoms with Crippen molar-refractivity contribution < 1.29 is 14.7 Å². The summed E-state index contributed by atoms with van der Waals surface area (Å²) in [4.78, 5) is 23.2. The van der Waals surface area contributed by atoms with Crippen molar-refractivity contribution in [2.45, 2.75) is 38.8 Å². The third kappa shape index (κ3) is 3.33. The number of carbonyl (C=O) groups excluding carboxylic acids is 1. The average molecular weight is 265 g/mol. The van der Waals surface area contributed by atoms with Gasteiger partial charge in [-0.1, -0.05) is 6.42 Å². The molecule has 1 amide bonds. The Kier molecular flexibility index (Phi) is 4.19. The molecule has 3 unspecified atom stereocenters. The maximum atomic E-state index is 12.1. The van der Waals surface area contributed by atoms with Crippen molar-refractivity contribution in [1.82, 2.24) is 15.1 Å². The number of carbonyl (C=O) groups is 2. The van der Waals surface area contributed by atoms with Crippen molar-refractivity contribution in [2.24, 2.45) is 11.8 Å². The van der Waals surface area contributed by atoms with Gasteiger partial charge in [0.25, 0.3) is 0 Å². The van der Waals surface area contributed by atoms with Crippen LogP contribution in [0.5, 0.6) is 0 Å². The molecule has 1 saturated carbocycles. The first-order valence-electron chi connectivity index (χ1n) is 6.58. The van der Waals surface area contributed by atoms with E-state index in [0.29, 0.717) is 19.4 Å². The summed E-state index contributed by atoms with van der Waals surface area (Å²) in [6.07, 6.45) is 5.59. The summed E-state index contributed by atoms with van der Waals surface area (Å²) in [7, 11) is 0. The Balaban J connectivity index is 1.88. The van der Waals surface area contributed by atoms with E-state index in [1.807, 2.05) is 19.2 Å². The molecular formula is C13H19N3O3. The number of amides is 1. The standard InChI is InChI=1S/C13H19N3O3/c1-9(8-16-7-3-6-14-16)15-12(17)10-4-2-5-11(10)13(18)19/h3,6-7,9-11H,2,4-5,8H2,1H3,(H,15,17)(H,18,19). The molecule has 0 spiro atoms. The van der Waals surface area contributed by atoms with Crippen molar-refractivity contribution in [1.29, 1.82) is 0 Å². The van der Waals surface area contributed by atoms with Crippen LogP contribution in [-0.4, -0.2) is 32.8 Å². The number of nitrogens with one attached hydrogen (secondary N) is 1. The van der Waals surface area contributed by atoms with Crippen LogP contribution < -0.4 is 5.32 Å². The topological polar surface area (TPSA) is 84.2 Å². The number of aliphatic carboxylic acids is 1. The van der Waals surface area contributed by atoms with Crippen molar-refractivity contribution >= 4 is 11.9 Å². The van der Waals surface area contributed by atoms with E-state index in [1.54, 1.807) is 10.9 Å². The number of hydrogen-bond donors (Lipinski definition) is 2. The fourth-order valence-electron chi connectivity index (χ4n) is 2.65. The quantitative estimate of drug-likeness (QED) is 0.828. The lowest BCUT2D eigenvalue weighted by atomic mass is 9.95. The van der Waals surface area contributed by atoms with Crippen LogP contribution in [0.25, 0.3) is 0 Å². The van der Waals surface area contributed by atoms with Crippen molar-refractivity contribution in [3.05, 3.63) is 18.5 Å². The van der Waals surface area contributed by atoms with E-state index in [2.05, 4.69) is 10.4 Å². The zero-order valence-corrected chi connectivity index (χ0v) is 11.0. The highest BCUT2D eigenvalue weighted by Gasteiger charge is 2.37. The Bertz CT molecular complexity index is 444. The van der Waals surface area contributed by atoms with Gasteiger partial charge < -0.3 is 10.4 Å². The van der Waals surface area contributed by atoms with Gasteiger partial charge in [0.1, 0.15) is 0 Å². The summed E-state index contributed by atoms with van der Waals surface area (Å²) in [5, 5.41) is 16.0. The third-order valence-corrected chi connectivity index (χ3v) is 3.58. The van der Waals surface area contributed by atoms with E-state index >= 15 is 0 Å². The van der Waals surface area contributed by atoms with E-state index in [1.165, 1.54) is 0 Å². The third-order valence-electron chi connectivity index (χ3n) is 3.58. The first-order valence-corrected chi connectivity index (χ1v) is 6.58. The lowest BCUT2D eigenvalue weighted by molar-refractivity contribution is -0.146. The summed E-state index contributed by atoms with van der Waals surface area (Å²) in [6.45, 7) is 2.48. The number of hydrogen-bond acceptors (Lipinski definition) is 3. The van der Waals surface area contributed by atoms with Gasteiger partial charge in [0.2, 0.25) is 5.91 Å². The highest BCUT2D eigenvalue weighted by atomic mass is 16.4. The number of rotatable bonds is 5. The molecule has 0 radical (unpaired) electrons. The average Bonchev–Trinajstić information content (AvgIpc) is 2.97. The normalized spacial score (nSPS) is 24.1. The maximum Gasteiger partial charge on any atom is 0.307 e. The summed E-state index contributed by atoms with van der Waals surface area (Å²) in [5.74, 6) is -1.93. The SMILES string of the molecule is CC(Cn1cccn1)NC(=O)C1CCCC1C(=O)O. The lowest BCUT2D eigenvalue weighted by Gasteiger charge is -2.19. The highest BCUT2D eigenvalue weighted by molar-refractivity contribution is 5.85. The van der Waals surface area contributed by atoms with E-state index < -0.39 is 17.8 Å². The first kappa shape index (κ1) is 13.6. The van der Waals surface area contributed by atoms with E-state index in [9.17, 15) is 9.59 Å². The van der Waals surface area contributed by atoms with E-state index in [0.717, 1.165) is 6.42 Å². The minimum absolute atomic E-state index is 0.0672. The predicted molar refractivity (Wildman–Crippen MR) is 68.3 cm³/mol. The van der Waals surface area contributed by atoms with E-state index in [4.69, 9.17) is 5.11 Å². The molecule has 1 heterocycles. The summed E-state index contributed by atoms with van der Waals surface area (Å²) < 4.78 is 1.74. The molecule has 2 N–H and O–H groups in total. The molecular weight excluding hydrogens is 246 g/mol. The molecule has 1 aliphatic rings. The zero-order chi connectivity index (χ0) is 13.8. The monoisotopic (exact) mass is 265 g/mol. The molecule has 0 bridgehead atoms. The molecule has 104 valence electrons. The minimum Gasteiger partial charge on any atom is -0.481 e. The fraction of sp³-hybridized carbons (Fsp3) is 0.615. The summed E-state index contributed by atoms with van der Waals surface area (Å²) in [6, 6.07) is 1.76. The van der Waals surface area contributed by atoms with Gasteiger partial charge in [-0.15, -0.1) is 0 Å². The molecule has 1 fully saturated rings. The molecule has 1 aromatic heterocycles. The predicted octanol–water partition coefficient (Wildman–Crippen LogP) is 0.889. The van der Waals surface area contributed by atoms with Gasteiger partial charge in [-0.05, 0) is 25.8 Å². The van der Waals surface area contributed by atoms with Crippen molar-refractivity contribution in [2.75, 3.05) is 0 Å². The molecule has 0 aliphatic heterocycles. The summed E-state index contributed by atoms with van der Waals surface area (Å²) >= 11 is 0. The van der Waals surface area contributed by atoms with Crippen LogP contribution in [0, 0.1) is 11.8 Å². The Morgan fingerprint density at radius 1 is 1.47 bits per heavy atom. The maximum absolute atomic E-state index is 12.1. The number of nitrogens with zero attached hydrogens (tertiary/aromatic N) is 2. The van der Waals surface area contributed by atoms with Gasteiger partial charge in [-0.2, -0.15) is 5.10 Å². The van der Waals surface area contributed by atoms with E-state index in [-0.39, 0.29) is 11.9 Å². The molecule has 3 atom stereocenters. The number of aromatic nitrogens is 2. The van der Waals surface area contributed by atoms with Crippen LogP contribution in [0.4, 0.5) is 0 Å². The van der Waals surface area contributed by atoms with Crippen LogP contribution in [0.2, 0.25) is 0 Å². The fourth-order valence-corrected chi connectivity index (χ4v) is 2.65. The molecule has 6 heteroatoms. The van der Waals surface area contributed by atoms with Gasteiger partial charge in [-0.3, -0.25) is 14.3 Å². The van der Waals surface area contributed by atoms with Crippen LogP contribution in [-0.2, 0) is 16.1 Å². The molecule has 1 aliphatic carbocycles. The second-order valence-corrected chi connectivity index (χ2v) is 5.12. The Morgan fingerprint density at radius 3 is 2.84 bits per heavy atom. The minimum atomic E-state index is -0.864. The molecule has 0 saturated heterocycles. The number of carboxylic acids is 1. The van der Waals surface area contributed by atoms with Crippen molar-refractivity contribution in [3.63, 3.8) is 0 Å². The zero-order valence-electron chi connectivity index (χ0n) is 11.0. The summed E-state index contributed by atoms with van der Waals surface area (Å²) in [5.41, 5.74) is 0. The second-order valence-electron chi connectivity index (χ2n) is 5.12. The van der Waals surface area contributed by atoms with Gasteiger partial charge in [-0.25, -0.2) is 0 Å². The highest BCUT2D eigenvalue weighted by Crippen LogP contribution is 2.32. The smallest absolute Gasteiger partial charge is 0.307 e. The van der Waals surface area contributed by atoms with Crippen LogP contribution in [0.15, 0.2) is 18.5 Å². The second kappa shape index (κ2) is 5.86. The van der Waals surface area contributed by atoms with Crippen LogP contribution >= 0.6 is 0 Å². The molecule has 19 heavy (non-hydrogen) atoms. The van der Waals surface area contributed by atoms with Crippen LogP contribution in [0.1, 0.15) is 26.2 Å². The molecule has 6 nitrogen and oxygen atoms in total. The number of carboxylic acid groups (broad SMARTS) is 1. The Morgan fingerprint density at radius 2 is 2.21 bits per heavy atom.